The predicted molar refractivity (Wildman–Crippen MR) is 117 cm³/mol. The lowest BCUT2D eigenvalue weighted by atomic mass is 9.85. The van der Waals surface area contributed by atoms with E-state index in [-0.39, 0.29) is 24.0 Å². The van der Waals surface area contributed by atoms with Crippen LogP contribution in [0.15, 0.2) is 24.3 Å². The zero-order valence-electron chi connectivity index (χ0n) is 18.2. The summed E-state index contributed by atoms with van der Waals surface area (Å²) in [5.41, 5.74) is -0.559. The molecule has 0 aliphatic heterocycles. The van der Waals surface area contributed by atoms with Crippen LogP contribution < -0.4 is 0 Å². The van der Waals surface area contributed by atoms with Crippen LogP contribution in [0.4, 0.5) is 0 Å². The van der Waals surface area contributed by atoms with Crippen LogP contribution in [-0.4, -0.2) is 27.6 Å². The van der Waals surface area contributed by atoms with Crippen molar-refractivity contribution in [3.05, 3.63) is 24.3 Å². The summed E-state index contributed by atoms with van der Waals surface area (Å²) in [6, 6.07) is 0. The largest absolute Gasteiger partial charge is 0.481 e. The lowest BCUT2D eigenvalue weighted by molar-refractivity contribution is -0.137. The molecule has 0 amide bonds. The van der Waals surface area contributed by atoms with Crippen molar-refractivity contribution >= 4 is 11.8 Å². The molecule has 1 saturated carbocycles. The molecule has 0 radical (unpaired) electrons. The molecule has 2 aliphatic rings. The van der Waals surface area contributed by atoms with Gasteiger partial charge in [-0.2, -0.15) is 0 Å². The van der Waals surface area contributed by atoms with Gasteiger partial charge in [-0.3, -0.25) is 9.59 Å². The van der Waals surface area contributed by atoms with E-state index in [1.807, 2.05) is 6.08 Å². The van der Waals surface area contributed by atoms with Crippen LogP contribution in [0.3, 0.4) is 0 Å². The number of carboxylic acids is 1. The molecule has 0 aromatic carbocycles. The van der Waals surface area contributed by atoms with E-state index >= 15 is 0 Å². The minimum Gasteiger partial charge on any atom is -0.481 e. The third-order valence-corrected chi connectivity index (χ3v) is 6.60. The summed E-state index contributed by atoms with van der Waals surface area (Å²) in [4.78, 5) is 22.8. The molecule has 4 nitrogen and oxygen atoms in total. The second-order valence-corrected chi connectivity index (χ2v) is 9.11. The highest BCUT2D eigenvalue weighted by Gasteiger charge is 2.42. The molecule has 4 heteroatoms. The van der Waals surface area contributed by atoms with Gasteiger partial charge < -0.3 is 10.2 Å². The molecule has 0 heterocycles. The minimum absolute atomic E-state index is 0.0179. The zero-order chi connectivity index (χ0) is 21.1. The number of ketones is 1. The molecule has 0 aromatic rings. The smallest absolute Gasteiger partial charge is 0.303 e. The van der Waals surface area contributed by atoms with Gasteiger partial charge >= 0.3 is 5.97 Å². The van der Waals surface area contributed by atoms with E-state index in [4.69, 9.17) is 5.11 Å². The first-order valence-corrected chi connectivity index (χ1v) is 11.8. The van der Waals surface area contributed by atoms with E-state index in [1.54, 1.807) is 6.08 Å². The summed E-state index contributed by atoms with van der Waals surface area (Å²) in [6.07, 6.45) is 21.3. The lowest BCUT2D eigenvalue weighted by Gasteiger charge is -2.27. The van der Waals surface area contributed by atoms with Crippen LogP contribution in [0, 0.1) is 17.8 Å². The van der Waals surface area contributed by atoms with Crippen molar-refractivity contribution in [2.24, 2.45) is 17.8 Å². The summed E-state index contributed by atoms with van der Waals surface area (Å²) in [5.74, 6) is 0.0922. The van der Waals surface area contributed by atoms with Crippen molar-refractivity contribution in [1.82, 2.24) is 0 Å². The van der Waals surface area contributed by atoms with Crippen molar-refractivity contribution in [2.45, 2.75) is 102 Å². The maximum absolute atomic E-state index is 12.2. The summed E-state index contributed by atoms with van der Waals surface area (Å²) < 4.78 is 0. The molecule has 3 atom stereocenters. The highest BCUT2D eigenvalue weighted by Crippen LogP contribution is 2.44. The van der Waals surface area contributed by atoms with Gasteiger partial charge in [-0.25, -0.2) is 0 Å². The Kier molecular flexibility index (Phi) is 10.1. The monoisotopic (exact) mass is 404 g/mol. The van der Waals surface area contributed by atoms with E-state index in [9.17, 15) is 14.7 Å². The number of allylic oxidation sites excluding steroid dienone is 3. The third-order valence-electron chi connectivity index (χ3n) is 6.60. The lowest BCUT2D eigenvalue weighted by Crippen LogP contribution is -2.30. The highest BCUT2D eigenvalue weighted by molar-refractivity contribution is 5.94. The molecule has 0 bridgehead atoms. The second kappa shape index (κ2) is 12.3. The van der Waals surface area contributed by atoms with Crippen molar-refractivity contribution in [3.8, 4) is 0 Å². The van der Waals surface area contributed by atoms with Crippen molar-refractivity contribution in [2.75, 3.05) is 0 Å². The van der Waals surface area contributed by atoms with Crippen LogP contribution in [0.1, 0.15) is 96.8 Å². The van der Waals surface area contributed by atoms with Gasteiger partial charge in [-0.15, -0.1) is 0 Å². The minimum atomic E-state index is -0.734. The Hall–Kier alpha value is -1.42. The molecule has 0 spiro atoms. The van der Waals surface area contributed by atoms with E-state index in [0.29, 0.717) is 18.8 Å². The fourth-order valence-corrected chi connectivity index (χ4v) is 4.56. The van der Waals surface area contributed by atoms with E-state index < -0.39 is 11.6 Å². The third kappa shape index (κ3) is 8.46. The number of aliphatic carboxylic acids is 1. The van der Waals surface area contributed by atoms with Crippen LogP contribution in [0.2, 0.25) is 0 Å². The van der Waals surface area contributed by atoms with Gasteiger partial charge in [0.05, 0.1) is 5.60 Å². The summed E-state index contributed by atoms with van der Waals surface area (Å²) in [6.45, 7) is 2.21. The standard InChI is InChI=1S/C25H40O4/c1-2-3-4-9-18-25(29,21-15-16-21)19-10-11-20-14-17-23(26)22(20)12-7-5-6-8-13-24(27)28/h10-11,14,17,20-22,29H,2-9,12-13,15-16,18-19H2,1H3,(H,27,28)/t20-,22+,25?/m0/s1. The maximum Gasteiger partial charge on any atom is 0.303 e. The molecule has 2 N–H and O–H groups in total. The highest BCUT2D eigenvalue weighted by atomic mass is 16.4. The van der Waals surface area contributed by atoms with E-state index in [1.165, 1.54) is 19.3 Å². The van der Waals surface area contributed by atoms with Crippen LogP contribution in [0.5, 0.6) is 0 Å². The molecule has 1 fully saturated rings. The molecule has 2 rings (SSSR count). The molecule has 1 unspecified atom stereocenters. The molecular weight excluding hydrogens is 364 g/mol. The van der Waals surface area contributed by atoms with Crippen LogP contribution >= 0.6 is 0 Å². The zero-order valence-corrected chi connectivity index (χ0v) is 18.2. The second-order valence-electron chi connectivity index (χ2n) is 9.11. The molecule has 29 heavy (non-hydrogen) atoms. The van der Waals surface area contributed by atoms with Gasteiger partial charge in [0.2, 0.25) is 0 Å². The number of rotatable bonds is 16. The van der Waals surface area contributed by atoms with Gasteiger partial charge in [-0.1, -0.05) is 70.1 Å². The number of unbranched alkanes of at least 4 members (excludes halogenated alkanes) is 6. The first kappa shape index (κ1) is 23.9. The fraction of sp³-hybridized carbons (Fsp3) is 0.760. The molecule has 2 aliphatic carbocycles. The molecule has 164 valence electrons. The Morgan fingerprint density at radius 1 is 1.14 bits per heavy atom. The number of hydrogen-bond acceptors (Lipinski definition) is 3. The Bertz CT molecular complexity index is 575. The first-order chi connectivity index (χ1) is 14.0. The fourth-order valence-electron chi connectivity index (χ4n) is 4.56. The summed E-state index contributed by atoms with van der Waals surface area (Å²) in [5, 5.41) is 19.8. The Morgan fingerprint density at radius 2 is 1.86 bits per heavy atom. The Labute approximate surface area is 176 Å². The summed E-state index contributed by atoms with van der Waals surface area (Å²) in [7, 11) is 0. The average Bonchev–Trinajstić information content (AvgIpc) is 3.48. The quantitative estimate of drug-likeness (QED) is 0.250. The van der Waals surface area contributed by atoms with Gasteiger partial charge in [0.25, 0.3) is 0 Å². The number of aliphatic hydroxyl groups is 1. The van der Waals surface area contributed by atoms with Crippen molar-refractivity contribution < 1.29 is 19.8 Å². The normalized spacial score (nSPS) is 23.7. The molecule has 0 aromatic heterocycles. The van der Waals surface area contributed by atoms with Crippen LogP contribution in [0.25, 0.3) is 0 Å². The number of carbonyl (C=O) groups is 2. The SMILES string of the molecule is CCCCCCC(O)(CC=C[C@H]1C=CC(=O)[C@@H]1CCCCCCC(=O)O)C1CC1. The van der Waals surface area contributed by atoms with Crippen molar-refractivity contribution in [1.29, 1.82) is 0 Å². The molecule has 0 saturated heterocycles. The first-order valence-electron chi connectivity index (χ1n) is 11.8. The van der Waals surface area contributed by atoms with Crippen molar-refractivity contribution in [3.63, 3.8) is 0 Å². The van der Waals surface area contributed by atoms with Crippen LogP contribution in [-0.2, 0) is 9.59 Å². The molecular formula is C25H40O4. The Balaban J connectivity index is 1.75. The topological polar surface area (TPSA) is 74.6 Å². The number of carbonyl (C=O) groups excluding carboxylic acids is 1. The van der Waals surface area contributed by atoms with Gasteiger partial charge in [0, 0.05) is 18.3 Å². The van der Waals surface area contributed by atoms with Gasteiger partial charge in [-0.05, 0) is 50.5 Å². The summed E-state index contributed by atoms with van der Waals surface area (Å²) >= 11 is 0. The van der Waals surface area contributed by atoms with Gasteiger partial charge in [0.15, 0.2) is 5.78 Å². The Morgan fingerprint density at radius 3 is 2.55 bits per heavy atom. The van der Waals surface area contributed by atoms with E-state index in [0.717, 1.165) is 51.4 Å². The number of hydrogen-bond donors (Lipinski definition) is 2. The van der Waals surface area contributed by atoms with E-state index in [2.05, 4.69) is 19.1 Å². The number of carboxylic acid groups (broad SMARTS) is 1. The average molecular weight is 405 g/mol. The van der Waals surface area contributed by atoms with Gasteiger partial charge in [0.1, 0.15) is 0 Å². The predicted octanol–water partition coefficient (Wildman–Crippen LogP) is 5.84. The maximum atomic E-state index is 12.2.